The molecule has 0 atom stereocenters. The van der Waals surface area contributed by atoms with Gasteiger partial charge in [-0.3, -0.25) is 0 Å². The van der Waals surface area contributed by atoms with E-state index in [1.165, 1.54) is 29.8 Å². The summed E-state index contributed by atoms with van der Waals surface area (Å²) in [6.45, 7) is 0. The Morgan fingerprint density at radius 2 is 2.22 bits per heavy atom. The second-order valence-corrected chi connectivity index (χ2v) is 6.55. The van der Waals surface area contributed by atoms with Crippen molar-refractivity contribution in [2.24, 2.45) is 5.16 Å². The van der Waals surface area contributed by atoms with Crippen LogP contribution in [0.4, 0.5) is 5.13 Å². The fourth-order valence-electron chi connectivity index (χ4n) is 1.76. The normalized spacial score (nSPS) is 11.7. The number of aromatic nitrogens is 2. The number of hydrogen-bond donors (Lipinski definition) is 2. The van der Waals surface area contributed by atoms with Crippen LogP contribution in [0, 0.1) is 0 Å². The number of nitrogen functional groups attached to an aromatic ring is 1. The number of esters is 1. The summed E-state index contributed by atoms with van der Waals surface area (Å²) in [6, 6.07) is 5.53. The third kappa shape index (κ3) is 3.28. The molecule has 2 heterocycles. The van der Waals surface area contributed by atoms with Crippen LogP contribution in [-0.4, -0.2) is 28.8 Å². The average molecular weight is 366 g/mol. The third-order valence-corrected chi connectivity index (χ3v) is 4.63. The van der Waals surface area contributed by atoms with Crippen LogP contribution >= 0.6 is 35.3 Å². The number of carbonyl (C=O) groups is 1. The fraction of sp³-hybridized carbons (Fsp3) is 0.0769. The maximum atomic E-state index is 12.3. The van der Waals surface area contributed by atoms with E-state index in [1.54, 1.807) is 5.38 Å². The van der Waals surface area contributed by atoms with Crippen molar-refractivity contribution in [1.82, 2.24) is 9.97 Å². The summed E-state index contributed by atoms with van der Waals surface area (Å²) < 4.78 is 6.14. The minimum absolute atomic E-state index is 0.0780. The van der Waals surface area contributed by atoms with Gasteiger partial charge in [0, 0.05) is 10.3 Å². The molecule has 0 aliphatic rings. The quantitative estimate of drug-likeness (QED) is 0.319. The molecule has 0 spiro atoms. The van der Waals surface area contributed by atoms with Gasteiger partial charge >= 0.3 is 5.97 Å². The minimum Gasteiger partial charge on any atom is -0.398 e. The van der Waals surface area contributed by atoms with Crippen molar-refractivity contribution < 1.29 is 14.4 Å². The molecular weight excluding hydrogens is 356 g/mol. The van der Waals surface area contributed by atoms with Gasteiger partial charge in [-0.2, -0.15) is 0 Å². The summed E-state index contributed by atoms with van der Waals surface area (Å²) in [5.41, 5.74) is 6.46. The molecule has 1 aromatic carbocycles. The zero-order valence-electron chi connectivity index (χ0n) is 11.7. The SMILES string of the molecule is CO/N=C(\C(=O)Oc1nc2c(S)cccc2s1)c1csc(N)n1. The largest absolute Gasteiger partial charge is 0.398 e. The summed E-state index contributed by atoms with van der Waals surface area (Å²) >= 11 is 6.75. The van der Waals surface area contributed by atoms with Crippen LogP contribution in [0.15, 0.2) is 33.6 Å². The van der Waals surface area contributed by atoms with E-state index >= 15 is 0 Å². The highest BCUT2D eigenvalue weighted by molar-refractivity contribution is 7.80. The van der Waals surface area contributed by atoms with Gasteiger partial charge in [-0.15, -0.1) is 24.0 Å². The van der Waals surface area contributed by atoms with Crippen LogP contribution in [0.3, 0.4) is 0 Å². The highest BCUT2D eigenvalue weighted by atomic mass is 32.1. The van der Waals surface area contributed by atoms with Crippen molar-refractivity contribution in [2.75, 3.05) is 12.8 Å². The Balaban J connectivity index is 1.89. The molecule has 0 aliphatic heterocycles. The topological polar surface area (TPSA) is 99.7 Å². The summed E-state index contributed by atoms with van der Waals surface area (Å²) in [4.78, 5) is 26.0. The minimum atomic E-state index is -0.725. The van der Waals surface area contributed by atoms with E-state index in [4.69, 9.17) is 10.5 Å². The van der Waals surface area contributed by atoms with E-state index in [1.807, 2.05) is 18.2 Å². The molecule has 0 radical (unpaired) electrons. The number of ether oxygens (including phenoxy) is 1. The Labute approximate surface area is 144 Å². The molecule has 0 amide bonds. The molecule has 10 heteroatoms. The molecule has 2 N–H and O–H groups in total. The molecule has 0 saturated carbocycles. The Kier molecular flexibility index (Phi) is 4.46. The van der Waals surface area contributed by atoms with Crippen molar-refractivity contribution >= 4 is 62.3 Å². The number of benzene rings is 1. The van der Waals surface area contributed by atoms with Gasteiger partial charge in [0.2, 0.25) is 5.71 Å². The highest BCUT2D eigenvalue weighted by Gasteiger charge is 2.22. The first kappa shape index (κ1) is 15.7. The van der Waals surface area contributed by atoms with Gasteiger partial charge in [0.25, 0.3) is 5.19 Å². The number of para-hydroxylation sites is 1. The first-order chi connectivity index (χ1) is 11.1. The Hall–Kier alpha value is -2.17. The number of thiol groups is 1. The number of rotatable bonds is 4. The van der Waals surface area contributed by atoms with Crippen molar-refractivity contribution in [1.29, 1.82) is 0 Å². The second-order valence-electron chi connectivity index (χ2n) is 4.19. The first-order valence-corrected chi connectivity index (χ1v) is 8.36. The first-order valence-electron chi connectivity index (χ1n) is 6.21. The maximum Gasteiger partial charge on any atom is 0.370 e. The van der Waals surface area contributed by atoms with Crippen LogP contribution in [0.1, 0.15) is 5.69 Å². The fourth-order valence-corrected chi connectivity index (χ4v) is 3.48. The molecule has 118 valence electrons. The van der Waals surface area contributed by atoms with Crippen molar-refractivity contribution in [2.45, 2.75) is 4.90 Å². The lowest BCUT2D eigenvalue weighted by Crippen LogP contribution is -2.22. The molecule has 0 saturated heterocycles. The molecular formula is C13H10N4O3S3. The summed E-state index contributed by atoms with van der Waals surface area (Å²) in [7, 11) is 1.33. The van der Waals surface area contributed by atoms with Crippen LogP contribution in [0.25, 0.3) is 10.2 Å². The standard InChI is InChI=1S/C13H10N4O3S3/c1-19-17-9(6-5-22-12(14)15-6)11(18)20-13-16-10-7(21)3-2-4-8(10)23-13/h2-5,21H,1H3,(H2,14,15)/b17-9-. The molecule has 23 heavy (non-hydrogen) atoms. The van der Waals surface area contributed by atoms with Crippen LogP contribution in [-0.2, 0) is 9.63 Å². The van der Waals surface area contributed by atoms with Gasteiger partial charge in [-0.05, 0) is 12.1 Å². The monoisotopic (exact) mass is 366 g/mol. The van der Waals surface area contributed by atoms with E-state index in [0.717, 1.165) is 4.70 Å². The van der Waals surface area contributed by atoms with Gasteiger partial charge in [-0.1, -0.05) is 22.6 Å². The number of fused-ring (bicyclic) bond motifs is 1. The molecule has 0 unspecified atom stereocenters. The summed E-state index contributed by atoms with van der Waals surface area (Å²) in [5, 5.41) is 5.77. The molecule has 7 nitrogen and oxygen atoms in total. The van der Waals surface area contributed by atoms with E-state index in [-0.39, 0.29) is 16.6 Å². The molecule has 0 fully saturated rings. The Morgan fingerprint density at radius 3 is 2.87 bits per heavy atom. The number of oxime groups is 1. The molecule has 3 rings (SSSR count). The lowest BCUT2D eigenvalue weighted by atomic mass is 10.3. The predicted molar refractivity (Wildman–Crippen MR) is 92.6 cm³/mol. The third-order valence-electron chi connectivity index (χ3n) is 2.70. The average Bonchev–Trinajstić information content (AvgIpc) is 3.11. The zero-order valence-corrected chi connectivity index (χ0v) is 14.2. The van der Waals surface area contributed by atoms with Gasteiger partial charge in [0.05, 0.1) is 10.2 Å². The number of anilines is 1. The van der Waals surface area contributed by atoms with Crippen LogP contribution in [0.2, 0.25) is 0 Å². The molecule has 0 aliphatic carbocycles. The van der Waals surface area contributed by atoms with E-state index < -0.39 is 5.97 Å². The molecule has 2 aromatic heterocycles. The van der Waals surface area contributed by atoms with Crippen molar-refractivity contribution in [3.63, 3.8) is 0 Å². The van der Waals surface area contributed by atoms with Gasteiger partial charge in [-0.25, -0.2) is 14.8 Å². The van der Waals surface area contributed by atoms with E-state index in [9.17, 15) is 4.79 Å². The maximum absolute atomic E-state index is 12.3. The molecule has 3 aromatic rings. The smallest absolute Gasteiger partial charge is 0.370 e. The lowest BCUT2D eigenvalue weighted by Gasteiger charge is -2.01. The number of nitrogens with two attached hydrogens (primary N) is 1. The van der Waals surface area contributed by atoms with Crippen molar-refractivity contribution in [3.05, 3.63) is 29.3 Å². The van der Waals surface area contributed by atoms with Gasteiger partial charge in [0.15, 0.2) is 5.13 Å². The Bertz CT molecular complexity index is 903. The van der Waals surface area contributed by atoms with E-state index in [0.29, 0.717) is 15.5 Å². The number of carbonyl (C=O) groups excluding carboxylic acids is 1. The predicted octanol–water partition coefficient (Wildman–Crippen LogP) is 2.58. The number of nitrogens with zero attached hydrogens (tertiary/aromatic N) is 3. The number of hydrogen-bond acceptors (Lipinski definition) is 10. The number of thiazole rings is 2. The van der Waals surface area contributed by atoms with Crippen LogP contribution < -0.4 is 10.5 Å². The summed E-state index contributed by atoms with van der Waals surface area (Å²) in [5.74, 6) is -0.725. The lowest BCUT2D eigenvalue weighted by molar-refractivity contribution is -0.127. The van der Waals surface area contributed by atoms with Gasteiger partial charge in [0.1, 0.15) is 12.8 Å². The van der Waals surface area contributed by atoms with E-state index in [2.05, 4.69) is 32.6 Å². The van der Waals surface area contributed by atoms with Gasteiger partial charge < -0.3 is 15.3 Å². The van der Waals surface area contributed by atoms with Crippen LogP contribution in [0.5, 0.6) is 5.19 Å². The zero-order chi connectivity index (χ0) is 16.4. The van der Waals surface area contributed by atoms with Crippen molar-refractivity contribution in [3.8, 4) is 5.19 Å². The Morgan fingerprint density at radius 1 is 1.39 bits per heavy atom. The second kappa shape index (κ2) is 6.52. The highest BCUT2D eigenvalue weighted by Crippen LogP contribution is 2.31. The summed E-state index contributed by atoms with van der Waals surface area (Å²) in [6.07, 6.45) is 0. The molecule has 0 bridgehead atoms.